The Kier molecular flexibility index (Phi) is 15.8. The lowest BCUT2D eigenvalue weighted by Gasteiger charge is -2.33. The van der Waals surface area contributed by atoms with Crippen molar-refractivity contribution in [1.82, 2.24) is 15.6 Å². The van der Waals surface area contributed by atoms with Crippen molar-refractivity contribution in [3.05, 3.63) is 29.6 Å². The van der Waals surface area contributed by atoms with Gasteiger partial charge in [-0.15, -0.1) is 0 Å². The zero-order valence-corrected chi connectivity index (χ0v) is 28.2. The Morgan fingerprint density at radius 2 is 1.70 bits per heavy atom. The highest BCUT2D eigenvalue weighted by Gasteiger charge is 2.36. The van der Waals surface area contributed by atoms with Crippen LogP contribution < -0.4 is 10.6 Å². The summed E-state index contributed by atoms with van der Waals surface area (Å²) in [6, 6.07) is 2.79. The van der Waals surface area contributed by atoms with Crippen molar-refractivity contribution >= 4 is 17.8 Å². The molecule has 4 unspecified atom stereocenters. The highest BCUT2D eigenvalue weighted by atomic mass is 16.6. The zero-order chi connectivity index (χ0) is 32.9. The molecule has 2 rings (SSSR count). The largest absolute Gasteiger partial charge is 0.444 e. The number of amides is 2. The quantitative estimate of drug-likeness (QED) is 0.162. The van der Waals surface area contributed by atoms with E-state index in [0.717, 1.165) is 37.8 Å². The van der Waals surface area contributed by atoms with E-state index in [2.05, 4.69) is 15.6 Å². The van der Waals surface area contributed by atoms with Crippen molar-refractivity contribution in [2.24, 2.45) is 23.7 Å². The fourth-order valence-electron chi connectivity index (χ4n) is 5.52. The van der Waals surface area contributed by atoms with Gasteiger partial charge in [-0.05, 0) is 89.7 Å². The number of methoxy groups -OCH3 is 1. The first kappa shape index (κ1) is 37.6. The normalized spacial score (nSPS) is 17.2. The molecule has 10 nitrogen and oxygen atoms in total. The highest BCUT2D eigenvalue weighted by Crippen LogP contribution is 2.28. The van der Waals surface area contributed by atoms with Crippen LogP contribution in [0, 0.1) is 23.7 Å². The molecule has 0 spiro atoms. The predicted octanol–water partition coefficient (Wildman–Crippen LogP) is 5.11. The summed E-state index contributed by atoms with van der Waals surface area (Å²) in [5, 5.41) is 17.6. The second-order valence-corrected chi connectivity index (χ2v) is 13.7. The average Bonchev–Trinajstić information content (AvgIpc) is 2.95. The van der Waals surface area contributed by atoms with Crippen molar-refractivity contribution in [2.45, 2.75) is 117 Å². The maximum atomic E-state index is 13.9. The second kappa shape index (κ2) is 18.4. The van der Waals surface area contributed by atoms with Crippen LogP contribution >= 0.6 is 0 Å². The van der Waals surface area contributed by atoms with Crippen LogP contribution in [0.1, 0.15) is 103 Å². The predicted molar refractivity (Wildman–Crippen MR) is 170 cm³/mol. The zero-order valence-electron chi connectivity index (χ0n) is 28.2. The molecule has 3 N–H and O–H groups in total. The third-order valence-electron chi connectivity index (χ3n) is 8.15. The van der Waals surface area contributed by atoms with E-state index in [1.807, 2.05) is 33.8 Å². The number of Topliss-reactive ketones (excluding diaryl/α,β-unsaturated/α-hetero) is 1. The molecule has 0 saturated carbocycles. The van der Waals surface area contributed by atoms with Gasteiger partial charge in [-0.2, -0.15) is 0 Å². The molecule has 1 fully saturated rings. The Bertz CT molecular complexity index is 1030. The fraction of sp³-hybridized carbons (Fsp3) is 0.765. The summed E-state index contributed by atoms with van der Waals surface area (Å²) in [5.74, 6) is -1.29. The van der Waals surface area contributed by atoms with Gasteiger partial charge in [0.05, 0.1) is 12.1 Å². The number of pyridine rings is 1. The Hall–Kier alpha value is -2.56. The van der Waals surface area contributed by atoms with Gasteiger partial charge in [0.1, 0.15) is 5.60 Å². The molecule has 10 heteroatoms. The molecule has 1 aliphatic rings. The smallest absolute Gasteiger partial charge is 0.407 e. The number of hydrogen-bond donors (Lipinski definition) is 3. The number of aryl methyl sites for hydroxylation is 1. The van der Waals surface area contributed by atoms with Crippen LogP contribution in [0.5, 0.6) is 0 Å². The van der Waals surface area contributed by atoms with E-state index in [-0.39, 0.29) is 42.4 Å². The van der Waals surface area contributed by atoms with Crippen LogP contribution in [0.3, 0.4) is 0 Å². The molecule has 0 radical (unpaired) electrons. The van der Waals surface area contributed by atoms with E-state index in [0.29, 0.717) is 25.4 Å². The summed E-state index contributed by atoms with van der Waals surface area (Å²) in [4.78, 5) is 44.6. The van der Waals surface area contributed by atoms with Gasteiger partial charge in [0, 0.05) is 62.3 Å². The van der Waals surface area contributed by atoms with Crippen molar-refractivity contribution in [3.8, 4) is 0 Å². The van der Waals surface area contributed by atoms with Crippen molar-refractivity contribution in [2.75, 3.05) is 26.9 Å². The summed E-state index contributed by atoms with van der Waals surface area (Å²) in [6.45, 7) is 15.0. The molecule has 250 valence electrons. The number of carbonyl (C=O) groups excluding carboxylic acids is 3. The minimum atomic E-state index is -1.09. The summed E-state index contributed by atoms with van der Waals surface area (Å²) >= 11 is 0. The fourth-order valence-corrected chi connectivity index (χ4v) is 5.52. The molecule has 4 atom stereocenters. The summed E-state index contributed by atoms with van der Waals surface area (Å²) in [6.07, 6.45) is 4.28. The van der Waals surface area contributed by atoms with Crippen LogP contribution in [-0.2, 0) is 25.4 Å². The van der Waals surface area contributed by atoms with E-state index >= 15 is 0 Å². The molecule has 1 aromatic heterocycles. The maximum absolute atomic E-state index is 13.9. The van der Waals surface area contributed by atoms with Crippen LogP contribution in [0.4, 0.5) is 4.79 Å². The number of alkyl carbamates (subject to hydrolysis) is 1. The molecule has 0 aliphatic carbocycles. The molecule has 0 bridgehead atoms. The number of ketones is 1. The molecule has 2 heterocycles. The van der Waals surface area contributed by atoms with E-state index < -0.39 is 35.7 Å². The maximum Gasteiger partial charge on any atom is 0.407 e. The third-order valence-corrected chi connectivity index (χ3v) is 8.15. The minimum Gasteiger partial charge on any atom is -0.444 e. The van der Waals surface area contributed by atoms with E-state index in [1.54, 1.807) is 40.1 Å². The number of nitrogens with zero attached hydrogens (tertiary/aromatic N) is 1. The monoisotopic (exact) mass is 619 g/mol. The SMILES string of the molecule is COCCCCc1cc(C(=O)C(CC(NC(=O)OC(C)(C)C)C(O)CC(C(=O)NC2CCOCC2)C(C)C)C(C)C)ccn1. The number of aromatic nitrogens is 1. The molecule has 44 heavy (non-hydrogen) atoms. The summed E-state index contributed by atoms with van der Waals surface area (Å²) in [5.41, 5.74) is 0.656. The van der Waals surface area contributed by atoms with Gasteiger partial charge in [-0.3, -0.25) is 14.6 Å². The van der Waals surface area contributed by atoms with Gasteiger partial charge in [0.2, 0.25) is 5.91 Å². The Morgan fingerprint density at radius 1 is 1.05 bits per heavy atom. The molecule has 2 amide bonds. The van der Waals surface area contributed by atoms with Crippen molar-refractivity contribution in [1.29, 1.82) is 0 Å². The number of aliphatic hydroxyl groups is 1. The lowest BCUT2D eigenvalue weighted by Crippen LogP contribution is -2.50. The average molecular weight is 620 g/mol. The van der Waals surface area contributed by atoms with Gasteiger partial charge in [-0.1, -0.05) is 27.7 Å². The van der Waals surface area contributed by atoms with Gasteiger partial charge in [0.15, 0.2) is 5.78 Å². The molecule has 1 aromatic rings. The van der Waals surface area contributed by atoms with Gasteiger partial charge in [-0.25, -0.2) is 4.79 Å². The second-order valence-electron chi connectivity index (χ2n) is 13.7. The van der Waals surface area contributed by atoms with E-state index in [4.69, 9.17) is 14.2 Å². The van der Waals surface area contributed by atoms with Gasteiger partial charge < -0.3 is 30.0 Å². The molecular weight excluding hydrogens is 562 g/mol. The standard InChI is InChI=1S/C34H57N3O7/c1-22(2)27(31(39)24-12-15-35-26(19-24)11-9-10-16-42-8)20-29(37-33(41)44-34(5,6)7)30(38)21-28(23(3)4)32(40)36-25-13-17-43-18-14-25/h12,15,19,22-23,25,27-30,38H,9-11,13-14,16-18,20-21H2,1-8H3,(H,36,40)(H,37,41). The van der Waals surface area contributed by atoms with Crippen molar-refractivity contribution in [3.63, 3.8) is 0 Å². The third kappa shape index (κ3) is 13.2. The molecule has 0 aromatic carbocycles. The Morgan fingerprint density at radius 3 is 2.30 bits per heavy atom. The van der Waals surface area contributed by atoms with Crippen LogP contribution in [0.25, 0.3) is 0 Å². The topological polar surface area (TPSA) is 136 Å². The first-order chi connectivity index (χ1) is 20.7. The van der Waals surface area contributed by atoms with Crippen molar-refractivity contribution < 1.29 is 33.7 Å². The molecule has 1 saturated heterocycles. The van der Waals surface area contributed by atoms with Crippen LogP contribution in [0.15, 0.2) is 18.3 Å². The molecule has 1 aliphatic heterocycles. The Labute approximate surface area is 264 Å². The highest BCUT2D eigenvalue weighted by molar-refractivity contribution is 5.98. The van der Waals surface area contributed by atoms with Gasteiger partial charge >= 0.3 is 6.09 Å². The van der Waals surface area contributed by atoms with E-state index in [1.165, 1.54) is 0 Å². The van der Waals surface area contributed by atoms with Gasteiger partial charge in [0.25, 0.3) is 0 Å². The molecular formula is C34H57N3O7. The number of hydrogen-bond acceptors (Lipinski definition) is 8. The minimum absolute atomic E-state index is 0.0403. The van der Waals surface area contributed by atoms with Crippen LogP contribution in [0.2, 0.25) is 0 Å². The number of nitrogens with one attached hydrogen (secondary N) is 2. The number of carbonyl (C=O) groups is 3. The number of aliphatic hydroxyl groups excluding tert-OH is 1. The summed E-state index contributed by atoms with van der Waals surface area (Å²) in [7, 11) is 1.68. The first-order valence-corrected chi connectivity index (χ1v) is 16.3. The van der Waals surface area contributed by atoms with E-state index in [9.17, 15) is 19.5 Å². The number of ether oxygens (including phenoxy) is 3. The lowest BCUT2D eigenvalue weighted by molar-refractivity contribution is -0.129. The Balaban J connectivity index is 2.26. The number of unbranched alkanes of at least 4 members (excludes halogenated alkanes) is 1. The lowest BCUT2D eigenvalue weighted by atomic mass is 9.79. The first-order valence-electron chi connectivity index (χ1n) is 16.3. The number of rotatable bonds is 17. The van der Waals surface area contributed by atoms with Crippen LogP contribution in [-0.4, -0.2) is 78.6 Å². The summed E-state index contributed by atoms with van der Waals surface area (Å²) < 4.78 is 16.1.